The number of hydrogen-bond donors (Lipinski definition) is 1. The number of amides is 1. The van der Waals surface area contributed by atoms with Gasteiger partial charge in [0.1, 0.15) is 5.76 Å². The monoisotopic (exact) mass is 299 g/mol. The van der Waals surface area contributed by atoms with Crippen molar-refractivity contribution >= 4 is 11.9 Å². The van der Waals surface area contributed by atoms with Gasteiger partial charge >= 0.3 is 6.09 Å². The normalized spacial score (nSPS) is 15.5. The Balaban J connectivity index is 2.72. The molecule has 4 heteroatoms. The van der Waals surface area contributed by atoms with Gasteiger partial charge in [-0.15, -0.1) is 0 Å². The fourth-order valence-corrected chi connectivity index (χ4v) is 1.53. The number of ether oxygens (including phenoxy) is 1. The van der Waals surface area contributed by atoms with E-state index in [0.29, 0.717) is 17.0 Å². The molecule has 0 aromatic heterocycles. The van der Waals surface area contributed by atoms with Crippen molar-refractivity contribution in [1.29, 1.82) is 0 Å². The summed E-state index contributed by atoms with van der Waals surface area (Å²) in [5.41, 5.74) is 1.27. The van der Waals surface area contributed by atoms with Gasteiger partial charge in [-0.25, -0.2) is 4.79 Å². The zero-order valence-electron chi connectivity index (χ0n) is 13.1. The molecule has 0 saturated heterocycles. The minimum Gasteiger partial charge on any atom is -0.410 e. The van der Waals surface area contributed by atoms with Crippen LogP contribution in [0.25, 0.3) is 0 Å². The third-order valence-electron chi connectivity index (χ3n) is 2.84. The van der Waals surface area contributed by atoms with Crippen LogP contribution >= 0.6 is 0 Å². The Kier molecular flexibility index (Phi) is 7.40. The van der Waals surface area contributed by atoms with Crippen LogP contribution in [0.5, 0.6) is 0 Å². The average molecular weight is 299 g/mol. The largest absolute Gasteiger partial charge is 0.417 e. The molecule has 0 aromatic carbocycles. The van der Waals surface area contributed by atoms with E-state index in [0.717, 1.165) is 6.42 Å². The third kappa shape index (κ3) is 6.70. The molecule has 0 unspecified atom stereocenters. The lowest BCUT2D eigenvalue weighted by molar-refractivity contribution is -0.113. The van der Waals surface area contributed by atoms with Crippen LogP contribution < -0.4 is 5.32 Å². The molecule has 0 aliphatic heterocycles. The molecule has 0 spiro atoms. The molecule has 0 atom stereocenters. The second kappa shape index (κ2) is 9.34. The van der Waals surface area contributed by atoms with Crippen LogP contribution in [-0.4, -0.2) is 11.9 Å². The highest BCUT2D eigenvalue weighted by molar-refractivity contribution is 5.92. The zero-order valence-corrected chi connectivity index (χ0v) is 13.1. The van der Waals surface area contributed by atoms with E-state index >= 15 is 0 Å². The van der Waals surface area contributed by atoms with Crippen LogP contribution in [0.3, 0.4) is 0 Å². The number of carbonyl (C=O) groups excluding carboxylic acids is 2. The maximum Gasteiger partial charge on any atom is 0.417 e. The topological polar surface area (TPSA) is 55.4 Å². The molecular formula is C18H21NO3. The molecule has 0 heterocycles. The van der Waals surface area contributed by atoms with Crippen LogP contribution in [0.2, 0.25) is 0 Å². The van der Waals surface area contributed by atoms with E-state index in [2.05, 4.69) is 5.32 Å². The fraction of sp³-hybridized carbons (Fsp3) is 0.222. The van der Waals surface area contributed by atoms with E-state index in [1.165, 1.54) is 6.92 Å². The first-order valence-electron chi connectivity index (χ1n) is 7.07. The van der Waals surface area contributed by atoms with Crippen LogP contribution in [0.15, 0.2) is 71.7 Å². The number of allylic oxidation sites excluding steroid dienone is 10. The van der Waals surface area contributed by atoms with Crippen LogP contribution in [0, 0.1) is 0 Å². The van der Waals surface area contributed by atoms with Crippen molar-refractivity contribution in [2.75, 3.05) is 0 Å². The number of carbonyl (C=O) groups is 2. The Labute approximate surface area is 131 Å². The summed E-state index contributed by atoms with van der Waals surface area (Å²) in [5, 5.41) is 2.67. The van der Waals surface area contributed by atoms with Crippen molar-refractivity contribution in [1.82, 2.24) is 5.32 Å². The molecule has 0 fully saturated rings. The Morgan fingerprint density at radius 2 is 2.00 bits per heavy atom. The number of ketones is 1. The number of Topliss-reactive ketones (excluding diaryl/α,β-unsaturated/α-hetero) is 1. The van der Waals surface area contributed by atoms with Gasteiger partial charge in [-0.1, -0.05) is 36.5 Å². The number of rotatable bonds is 5. The molecule has 0 saturated carbocycles. The van der Waals surface area contributed by atoms with Crippen molar-refractivity contribution in [3.05, 3.63) is 71.7 Å². The smallest absolute Gasteiger partial charge is 0.410 e. The molecule has 1 amide bonds. The number of alkyl carbamates (subject to hydrolysis) is 1. The van der Waals surface area contributed by atoms with Crippen molar-refractivity contribution in [2.24, 2.45) is 0 Å². The summed E-state index contributed by atoms with van der Waals surface area (Å²) in [6.45, 7) is 5.01. The van der Waals surface area contributed by atoms with Gasteiger partial charge < -0.3 is 4.74 Å². The maximum absolute atomic E-state index is 11.9. The van der Waals surface area contributed by atoms with Crippen molar-refractivity contribution < 1.29 is 14.3 Å². The zero-order chi connectivity index (χ0) is 16.4. The first kappa shape index (κ1) is 17.4. The van der Waals surface area contributed by atoms with Crippen molar-refractivity contribution in [2.45, 2.75) is 27.2 Å². The molecule has 0 aromatic rings. The minimum absolute atomic E-state index is 0.0261. The Morgan fingerprint density at radius 3 is 2.68 bits per heavy atom. The van der Waals surface area contributed by atoms with Crippen molar-refractivity contribution in [3.63, 3.8) is 0 Å². The average Bonchev–Trinajstić information content (AvgIpc) is 2.73. The van der Waals surface area contributed by atoms with Gasteiger partial charge in [-0.05, 0) is 51.0 Å². The van der Waals surface area contributed by atoms with Gasteiger partial charge in [0.25, 0.3) is 0 Å². The SMILES string of the molecule is C\C=C/C(=C\C=C(/C)C(C)=O)OC(=O)NC1=CCC=CC=C1. The summed E-state index contributed by atoms with van der Waals surface area (Å²) >= 11 is 0. The van der Waals surface area contributed by atoms with E-state index in [9.17, 15) is 9.59 Å². The van der Waals surface area contributed by atoms with Crippen LogP contribution in [0.1, 0.15) is 27.2 Å². The van der Waals surface area contributed by atoms with Gasteiger partial charge in [0, 0.05) is 5.70 Å². The summed E-state index contributed by atoms with van der Waals surface area (Å²) in [5.74, 6) is 0.332. The maximum atomic E-state index is 11.9. The van der Waals surface area contributed by atoms with E-state index in [4.69, 9.17) is 4.74 Å². The molecule has 0 radical (unpaired) electrons. The molecule has 0 bridgehead atoms. The molecule has 116 valence electrons. The quantitative estimate of drug-likeness (QED) is 0.472. The standard InChI is InChI=1S/C18H21NO3/c1-4-9-17(13-12-14(2)15(3)20)22-18(21)19-16-10-7-5-6-8-11-16/h4-7,9-13H,8H2,1-3H3,(H,19,21)/b9-4-,14-12+,17-13+. The first-order chi connectivity index (χ1) is 10.5. The second-order valence-electron chi connectivity index (χ2n) is 4.67. The minimum atomic E-state index is -0.573. The Bertz CT molecular complexity index is 602. The lowest BCUT2D eigenvalue weighted by atomic mass is 10.2. The van der Waals surface area contributed by atoms with Gasteiger partial charge in [-0.2, -0.15) is 0 Å². The third-order valence-corrected chi connectivity index (χ3v) is 2.84. The van der Waals surface area contributed by atoms with Gasteiger partial charge in [0.05, 0.1) is 0 Å². The lowest BCUT2D eigenvalue weighted by Gasteiger charge is -2.07. The number of nitrogens with one attached hydrogen (secondary N) is 1. The molecule has 1 rings (SSSR count). The lowest BCUT2D eigenvalue weighted by Crippen LogP contribution is -2.22. The summed E-state index contributed by atoms with van der Waals surface area (Å²) < 4.78 is 5.24. The predicted molar refractivity (Wildman–Crippen MR) is 87.9 cm³/mol. The summed E-state index contributed by atoms with van der Waals surface area (Å²) in [7, 11) is 0. The second-order valence-corrected chi connectivity index (χ2v) is 4.67. The van der Waals surface area contributed by atoms with Gasteiger partial charge in [0.2, 0.25) is 0 Å². The predicted octanol–water partition coefficient (Wildman–Crippen LogP) is 4.11. The summed E-state index contributed by atoms with van der Waals surface area (Å²) in [6, 6.07) is 0. The molecule has 1 aliphatic carbocycles. The van der Waals surface area contributed by atoms with Gasteiger partial charge in [0.15, 0.2) is 5.78 Å². The van der Waals surface area contributed by atoms with E-state index in [1.807, 2.05) is 31.2 Å². The molecular weight excluding hydrogens is 278 g/mol. The molecule has 1 N–H and O–H groups in total. The highest BCUT2D eigenvalue weighted by Gasteiger charge is 2.06. The van der Waals surface area contributed by atoms with Crippen molar-refractivity contribution in [3.8, 4) is 0 Å². The molecule has 1 aliphatic rings. The first-order valence-corrected chi connectivity index (χ1v) is 7.07. The molecule has 22 heavy (non-hydrogen) atoms. The summed E-state index contributed by atoms with van der Waals surface area (Å²) in [4.78, 5) is 23.1. The van der Waals surface area contributed by atoms with E-state index in [-0.39, 0.29) is 5.78 Å². The molecule has 4 nitrogen and oxygen atoms in total. The van der Waals surface area contributed by atoms with Crippen LogP contribution in [0.4, 0.5) is 4.79 Å². The highest BCUT2D eigenvalue weighted by atomic mass is 16.6. The fourth-order valence-electron chi connectivity index (χ4n) is 1.53. The number of hydrogen-bond acceptors (Lipinski definition) is 3. The van der Waals surface area contributed by atoms with Gasteiger partial charge in [-0.3, -0.25) is 10.1 Å². The van der Waals surface area contributed by atoms with Crippen LogP contribution in [-0.2, 0) is 9.53 Å². The summed E-state index contributed by atoms with van der Waals surface area (Å²) in [6.07, 6.45) is 16.2. The van der Waals surface area contributed by atoms with E-state index < -0.39 is 6.09 Å². The Hall–Kier alpha value is -2.62. The highest BCUT2D eigenvalue weighted by Crippen LogP contribution is 2.06. The Morgan fingerprint density at radius 1 is 1.23 bits per heavy atom. The van der Waals surface area contributed by atoms with E-state index in [1.54, 1.807) is 37.3 Å².